The molecule has 0 bridgehead atoms. The standard InChI is InChI=1S/C23H39NO3/c1-2-3-4-5-6-7-8-9-10-11-12-13-14-17-20-27-21-22-18-15-16-19-23(22)24(25)26/h15-16,18-19H,2-14,17,20-21H2,1H3. The van der Waals surface area contributed by atoms with E-state index < -0.39 is 0 Å². The van der Waals surface area contributed by atoms with Gasteiger partial charge in [0, 0.05) is 12.7 Å². The molecule has 0 radical (unpaired) electrons. The summed E-state index contributed by atoms with van der Waals surface area (Å²) in [7, 11) is 0. The smallest absolute Gasteiger partial charge is 0.274 e. The first kappa shape index (κ1) is 23.6. The van der Waals surface area contributed by atoms with Crippen molar-refractivity contribution in [3.8, 4) is 0 Å². The molecule has 0 saturated carbocycles. The van der Waals surface area contributed by atoms with Gasteiger partial charge in [0.15, 0.2) is 0 Å². The molecule has 0 aromatic heterocycles. The van der Waals surface area contributed by atoms with Crippen LogP contribution < -0.4 is 0 Å². The summed E-state index contributed by atoms with van der Waals surface area (Å²) in [5, 5.41) is 10.9. The molecule has 0 aliphatic carbocycles. The highest BCUT2D eigenvalue weighted by Crippen LogP contribution is 2.18. The lowest BCUT2D eigenvalue weighted by Gasteiger charge is -2.05. The normalized spacial score (nSPS) is 11.0. The molecule has 0 N–H and O–H groups in total. The second-order valence-electron chi connectivity index (χ2n) is 7.53. The molecule has 0 saturated heterocycles. The van der Waals surface area contributed by atoms with Gasteiger partial charge >= 0.3 is 0 Å². The molecule has 1 aromatic rings. The topological polar surface area (TPSA) is 52.4 Å². The Kier molecular flexibility index (Phi) is 14.6. The van der Waals surface area contributed by atoms with E-state index in [1.165, 1.54) is 89.5 Å². The quantitative estimate of drug-likeness (QED) is 0.150. The van der Waals surface area contributed by atoms with Crippen molar-refractivity contribution in [3.63, 3.8) is 0 Å². The average molecular weight is 378 g/mol. The number of ether oxygens (including phenoxy) is 1. The highest BCUT2D eigenvalue weighted by Gasteiger charge is 2.11. The highest BCUT2D eigenvalue weighted by atomic mass is 16.6. The molecule has 154 valence electrons. The summed E-state index contributed by atoms with van der Waals surface area (Å²) in [6.07, 6.45) is 18.8. The Morgan fingerprint density at radius 3 is 1.78 bits per heavy atom. The third-order valence-electron chi connectivity index (χ3n) is 5.09. The van der Waals surface area contributed by atoms with Crippen LogP contribution in [0.2, 0.25) is 0 Å². The molecule has 27 heavy (non-hydrogen) atoms. The first-order valence-electron chi connectivity index (χ1n) is 11.1. The summed E-state index contributed by atoms with van der Waals surface area (Å²) < 4.78 is 5.61. The number of nitrogens with zero attached hydrogens (tertiary/aromatic N) is 1. The number of unbranched alkanes of at least 4 members (excludes halogenated alkanes) is 13. The molecular weight excluding hydrogens is 338 g/mol. The zero-order valence-corrected chi connectivity index (χ0v) is 17.3. The third kappa shape index (κ3) is 12.6. The Morgan fingerprint density at radius 2 is 1.26 bits per heavy atom. The van der Waals surface area contributed by atoms with Crippen LogP contribution in [0.1, 0.15) is 102 Å². The molecule has 1 rings (SSSR count). The van der Waals surface area contributed by atoms with Crippen molar-refractivity contribution in [1.82, 2.24) is 0 Å². The fourth-order valence-electron chi connectivity index (χ4n) is 3.39. The van der Waals surface area contributed by atoms with Crippen LogP contribution >= 0.6 is 0 Å². The lowest BCUT2D eigenvalue weighted by Crippen LogP contribution is -1.99. The van der Waals surface area contributed by atoms with Crippen molar-refractivity contribution in [2.75, 3.05) is 6.61 Å². The van der Waals surface area contributed by atoms with Gasteiger partial charge in [0.25, 0.3) is 5.69 Å². The van der Waals surface area contributed by atoms with Gasteiger partial charge in [0.2, 0.25) is 0 Å². The Labute approximate surface area is 165 Å². The fourth-order valence-corrected chi connectivity index (χ4v) is 3.39. The zero-order chi connectivity index (χ0) is 19.6. The third-order valence-corrected chi connectivity index (χ3v) is 5.09. The maximum absolute atomic E-state index is 10.9. The van der Waals surface area contributed by atoms with Crippen LogP contribution in [0.3, 0.4) is 0 Å². The minimum absolute atomic E-state index is 0.151. The van der Waals surface area contributed by atoms with Gasteiger partial charge in [-0.1, -0.05) is 103 Å². The van der Waals surface area contributed by atoms with E-state index in [1.54, 1.807) is 12.1 Å². The molecular formula is C23H39NO3. The molecule has 0 aliphatic heterocycles. The molecule has 0 aliphatic rings. The molecule has 1 aromatic carbocycles. The number of hydrogen-bond acceptors (Lipinski definition) is 3. The van der Waals surface area contributed by atoms with Gasteiger partial charge in [-0.05, 0) is 12.5 Å². The first-order chi connectivity index (χ1) is 13.3. The van der Waals surface area contributed by atoms with Gasteiger partial charge in [-0.15, -0.1) is 0 Å². The van der Waals surface area contributed by atoms with Crippen LogP contribution in [0.5, 0.6) is 0 Å². The van der Waals surface area contributed by atoms with E-state index >= 15 is 0 Å². The summed E-state index contributed by atoms with van der Waals surface area (Å²) in [5.74, 6) is 0. The molecule has 0 unspecified atom stereocenters. The number of benzene rings is 1. The van der Waals surface area contributed by atoms with E-state index in [0.29, 0.717) is 18.8 Å². The monoisotopic (exact) mass is 377 g/mol. The largest absolute Gasteiger partial charge is 0.377 e. The van der Waals surface area contributed by atoms with Gasteiger partial charge in [0.1, 0.15) is 0 Å². The van der Waals surface area contributed by atoms with E-state index in [9.17, 15) is 10.1 Å². The van der Waals surface area contributed by atoms with E-state index in [2.05, 4.69) is 6.92 Å². The Bertz CT molecular complexity index is 490. The summed E-state index contributed by atoms with van der Waals surface area (Å²) in [5.41, 5.74) is 0.811. The van der Waals surface area contributed by atoms with Gasteiger partial charge in [-0.25, -0.2) is 0 Å². The number of rotatable bonds is 18. The summed E-state index contributed by atoms with van der Waals surface area (Å²) in [6, 6.07) is 6.81. The lowest BCUT2D eigenvalue weighted by atomic mass is 10.0. The Morgan fingerprint density at radius 1 is 0.778 bits per heavy atom. The van der Waals surface area contributed by atoms with Crippen LogP contribution in [0, 0.1) is 10.1 Å². The predicted octanol–water partition coefficient (Wildman–Crippen LogP) is 7.59. The maximum Gasteiger partial charge on any atom is 0.274 e. The van der Waals surface area contributed by atoms with Crippen molar-refractivity contribution in [3.05, 3.63) is 39.9 Å². The molecule has 0 heterocycles. The number of hydrogen-bond donors (Lipinski definition) is 0. The first-order valence-corrected chi connectivity index (χ1v) is 11.1. The van der Waals surface area contributed by atoms with Crippen molar-refractivity contribution < 1.29 is 9.66 Å². The van der Waals surface area contributed by atoms with Crippen molar-refractivity contribution in [2.45, 2.75) is 103 Å². The number of para-hydroxylation sites is 1. The Balaban J connectivity index is 1.85. The fraction of sp³-hybridized carbons (Fsp3) is 0.739. The summed E-state index contributed by atoms with van der Waals surface area (Å²) >= 11 is 0. The SMILES string of the molecule is CCCCCCCCCCCCCCCCOCc1ccccc1[N+](=O)[O-]. The molecule has 0 fully saturated rings. The highest BCUT2D eigenvalue weighted by molar-refractivity contribution is 5.39. The molecule has 4 heteroatoms. The van der Waals surface area contributed by atoms with E-state index in [1.807, 2.05) is 6.07 Å². The molecule has 0 spiro atoms. The van der Waals surface area contributed by atoms with Gasteiger partial charge in [-0.2, -0.15) is 0 Å². The Hall–Kier alpha value is -1.42. The minimum atomic E-state index is -0.342. The van der Waals surface area contributed by atoms with Crippen LogP contribution in [-0.4, -0.2) is 11.5 Å². The second-order valence-corrected chi connectivity index (χ2v) is 7.53. The van der Waals surface area contributed by atoms with Crippen molar-refractivity contribution in [2.24, 2.45) is 0 Å². The van der Waals surface area contributed by atoms with Gasteiger partial charge in [0.05, 0.1) is 17.1 Å². The van der Waals surface area contributed by atoms with Crippen molar-refractivity contribution in [1.29, 1.82) is 0 Å². The lowest BCUT2D eigenvalue weighted by molar-refractivity contribution is -0.385. The van der Waals surface area contributed by atoms with Gasteiger partial charge < -0.3 is 4.74 Å². The molecule has 0 amide bonds. The maximum atomic E-state index is 10.9. The number of nitro groups is 1. The summed E-state index contributed by atoms with van der Waals surface area (Å²) in [6.45, 7) is 3.28. The molecule has 0 atom stereocenters. The average Bonchev–Trinajstić information content (AvgIpc) is 2.68. The van der Waals surface area contributed by atoms with Gasteiger partial charge in [-0.3, -0.25) is 10.1 Å². The van der Waals surface area contributed by atoms with E-state index in [4.69, 9.17) is 4.74 Å². The van der Waals surface area contributed by atoms with Crippen LogP contribution in [0.15, 0.2) is 24.3 Å². The second kappa shape index (κ2) is 16.7. The predicted molar refractivity (Wildman–Crippen MR) is 113 cm³/mol. The molecule has 4 nitrogen and oxygen atoms in total. The van der Waals surface area contributed by atoms with Crippen LogP contribution in [-0.2, 0) is 11.3 Å². The zero-order valence-electron chi connectivity index (χ0n) is 17.3. The van der Waals surface area contributed by atoms with Crippen LogP contribution in [0.4, 0.5) is 5.69 Å². The van der Waals surface area contributed by atoms with Crippen molar-refractivity contribution >= 4 is 5.69 Å². The van der Waals surface area contributed by atoms with E-state index in [0.717, 1.165) is 6.42 Å². The minimum Gasteiger partial charge on any atom is -0.377 e. The van der Waals surface area contributed by atoms with Crippen LogP contribution in [0.25, 0.3) is 0 Å². The van der Waals surface area contributed by atoms with E-state index in [-0.39, 0.29) is 10.6 Å². The summed E-state index contributed by atoms with van der Waals surface area (Å²) in [4.78, 5) is 10.6. The number of nitro benzene ring substituents is 1.